The van der Waals surface area contributed by atoms with Crippen LogP contribution in [0.2, 0.25) is 0 Å². The Morgan fingerprint density at radius 3 is 2.58 bits per heavy atom. The highest BCUT2D eigenvalue weighted by Crippen LogP contribution is 2.19. The number of carbonyl (C=O) groups excluding carboxylic acids is 1. The van der Waals surface area contributed by atoms with Gasteiger partial charge in [-0.3, -0.25) is 4.79 Å². The Morgan fingerprint density at radius 2 is 1.92 bits per heavy atom. The number of aryl methyl sites for hydroxylation is 1. The van der Waals surface area contributed by atoms with Crippen molar-refractivity contribution in [3.63, 3.8) is 0 Å². The number of hydrogen-bond donors (Lipinski definition) is 1. The summed E-state index contributed by atoms with van der Waals surface area (Å²) in [5.41, 5.74) is 2.26. The maximum absolute atomic E-state index is 12.3. The molecule has 1 heterocycles. The van der Waals surface area contributed by atoms with Crippen LogP contribution in [0.5, 0.6) is 5.75 Å². The number of aromatic nitrogens is 2. The Balaban J connectivity index is 1.67. The van der Waals surface area contributed by atoms with Crippen molar-refractivity contribution in [3.05, 3.63) is 65.5 Å². The molecular formula is C18H17N3O3. The normalized spacial score (nSPS) is 10.4. The van der Waals surface area contributed by atoms with Crippen molar-refractivity contribution in [1.82, 2.24) is 15.5 Å². The van der Waals surface area contributed by atoms with Gasteiger partial charge in [-0.25, -0.2) is 0 Å². The van der Waals surface area contributed by atoms with Crippen molar-refractivity contribution in [2.24, 2.45) is 0 Å². The summed E-state index contributed by atoms with van der Waals surface area (Å²) >= 11 is 0. The first kappa shape index (κ1) is 15.7. The number of nitrogens with one attached hydrogen (secondary N) is 1. The lowest BCUT2D eigenvalue weighted by Crippen LogP contribution is -2.22. The molecule has 0 aliphatic carbocycles. The summed E-state index contributed by atoms with van der Waals surface area (Å²) in [7, 11) is 1.61. The molecule has 1 N–H and O–H groups in total. The fraction of sp³-hybridized carbons (Fsp3) is 0.167. The Labute approximate surface area is 139 Å². The highest BCUT2D eigenvalue weighted by molar-refractivity contribution is 5.94. The second-order valence-electron chi connectivity index (χ2n) is 5.22. The summed E-state index contributed by atoms with van der Waals surface area (Å²) in [6, 6.07) is 14.6. The highest BCUT2D eigenvalue weighted by Gasteiger charge is 2.10. The number of rotatable bonds is 5. The van der Waals surface area contributed by atoms with Gasteiger partial charge in [0.05, 0.1) is 7.11 Å². The van der Waals surface area contributed by atoms with E-state index in [1.54, 1.807) is 38.3 Å². The standard InChI is InChI=1S/C18H17N3O3/c1-12-20-18(24-21-12)14-9-7-13(8-10-14)17(22)19-11-15-5-3-4-6-16(15)23-2/h3-10H,11H2,1-2H3,(H,19,22). The maximum atomic E-state index is 12.3. The van der Waals surface area contributed by atoms with E-state index in [1.807, 2.05) is 24.3 Å². The van der Waals surface area contributed by atoms with E-state index in [1.165, 1.54) is 0 Å². The zero-order chi connectivity index (χ0) is 16.9. The van der Waals surface area contributed by atoms with Gasteiger partial charge in [0, 0.05) is 23.2 Å². The number of benzene rings is 2. The Hall–Kier alpha value is -3.15. The molecular weight excluding hydrogens is 306 g/mol. The summed E-state index contributed by atoms with van der Waals surface area (Å²) in [5.74, 6) is 1.60. The summed E-state index contributed by atoms with van der Waals surface area (Å²) in [6.45, 7) is 2.15. The van der Waals surface area contributed by atoms with Crippen LogP contribution in [-0.2, 0) is 6.54 Å². The van der Waals surface area contributed by atoms with E-state index in [0.717, 1.165) is 16.9 Å². The molecule has 0 radical (unpaired) electrons. The molecule has 1 amide bonds. The van der Waals surface area contributed by atoms with E-state index >= 15 is 0 Å². The fourth-order valence-corrected chi connectivity index (χ4v) is 2.31. The van der Waals surface area contributed by atoms with Gasteiger partial charge in [-0.15, -0.1) is 0 Å². The van der Waals surface area contributed by atoms with Gasteiger partial charge < -0.3 is 14.6 Å². The number of nitrogens with zero attached hydrogens (tertiary/aromatic N) is 2. The summed E-state index contributed by atoms with van der Waals surface area (Å²) in [5, 5.41) is 6.64. The molecule has 0 bridgehead atoms. The van der Waals surface area contributed by atoms with Crippen molar-refractivity contribution >= 4 is 5.91 Å². The van der Waals surface area contributed by atoms with Crippen LogP contribution in [0.3, 0.4) is 0 Å². The number of hydrogen-bond acceptors (Lipinski definition) is 5. The first-order valence-corrected chi connectivity index (χ1v) is 7.48. The highest BCUT2D eigenvalue weighted by atomic mass is 16.5. The van der Waals surface area contributed by atoms with E-state index < -0.39 is 0 Å². The zero-order valence-electron chi connectivity index (χ0n) is 13.4. The Kier molecular flexibility index (Phi) is 4.56. The number of carbonyl (C=O) groups is 1. The molecule has 122 valence electrons. The molecule has 0 unspecified atom stereocenters. The molecule has 2 aromatic carbocycles. The molecule has 0 aliphatic rings. The molecule has 0 aliphatic heterocycles. The van der Waals surface area contributed by atoms with Crippen LogP contribution in [0, 0.1) is 6.92 Å². The third-order valence-corrected chi connectivity index (χ3v) is 3.55. The number of ether oxygens (including phenoxy) is 1. The molecule has 3 aromatic rings. The Bertz CT molecular complexity index is 841. The van der Waals surface area contributed by atoms with Gasteiger partial charge in [-0.05, 0) is 37.3 Å². The molecule has 0 fully saturated rings. The third-order valence-electron chi connectivity index (χ3n) is 3.55. The quantitative estimate of drug-likeness (QED) is 0.781. The van der Waals surface area contributed by atoms with Crippen molar-refractivity contribution in [2.45, 2.75) is 13.5 Å². The molecule has 1 aromatic heterocycles. The van der Waals surface area contributed by atoms with E-state index in [9.17, 15) is 4.79 Å². The predicted molar refractivity (Wildman–Crippen MR) is 88.6 cm³/mol. The molecule has 0 saturated heterocycles. The van der Waals surface area contributed by atoms with Gasteiger partial charge in [0.2, 0.25) is 0 Å². The van der Waals surface area contributed by atoms with Gasteiger partial charge in [0.1, 0.15) is 5.75 Å². The lowest BCUT2D eigenvalue weighted by atomic mass is 10.1. The van der Waals surface area contributed by atoms with E-state index in [0.29, 0.717) is 23.8 Å². The van der Waals surface area contributed by atoms with E-state index in [2.05, 4.69) is 15.5 Å². The van der Waals surface area contributed by atoms with Crippen LogP contribution >= 0.6 is 0 Å². The first-order chi connectivity index (χ1) is 11.7. The molecule has 0 atom stereocenters. The zero-order valence-corrected chi connectivity index (χ0v) is 13.4. The summed E-state index contributed by atoms with van der Waals surface area (Å²) in [4.78, 5) is 16.4. The number of para-hydroxylation sites is 1. The van der Waals surface area contributed by atoms with E-state index in [4.69, 9.17) is 9.26 Å². The van der Waals surface area contributed by atoms with Crippen molar-refractivity contribution in [3.8, 4) is 17.2 Å². The van der Waals surface area contributed by atoms with Crippen LogP contribution < -0.4 is 10.1 Å². The molecule has 0 spiro atoms. The molecule has 6 heteroatoms. The average Bonchev–Trinajstić information content (AvgIpc) is 3.06. The first-order valence-electron chi connectivity index (χ1n) is 7.48. The minimum absolute atomic E-state index is 0.158. The second-order valence-corrected chi connectivity index (χ2v) is 5.22. The van der Waals surface area contributed by atoms with Gasteiger partial charge in [0.15, 0.2) is 5.82 Å². The Morgan fingerprint density at radius 1 is 1.17 bits per heavy atom. The van der Waals surface area contributed by atoms with Crippen LogP contribution in [0.25, 0.3) is 11.5 Å². The van der Waals surface area contributed by atoms with Crippen molar-refractivity contribution in [1.29, 1.82) is 0 Å². The summed E-state index contributed by atoms with van der Waals surface area (Å²) < 4.78 is 10.4. The van der Waals surface area contributed by atoms with Crippen LogP contribution in [0.4, 0.5) is 0 Å². The van der Waals surface area contributed by atoms with Crippen LogP contribution in [0.1, 0.15) is 21.7 Å². The van der Waals surface area contributed by atoms with Gasteiger partial charge in [-0.2, -0.15) is 4.98 Å². The minimum Gasteiger partial charge on any atom is -0.496 e. The monoisotopic (exact) mass is 323 g/mol. The minimum atomic E-state index is -0.158. The van der Waals surface area contributed by atoms with Crippen LogP contribution in [0.15, 0.2) is 53.1 Å². The lowest BCUT2D eigenvalue weighted by molar-refractivity contribution is 0.0950. The molecule has 0 saturated carbocycles. The fourth-order valence-electron chi connectivity index (χ4n) is 2.31. The SMILES string of the molecule is COc1ccccc1CNC(=O)c1ccc(-c2nc(C)no2)cc1. The largest absolute Gasteiger partial charge is 0.496 e. The van der Waals surface area contributed by atoms with Crippen molar-refractivity contribution in [2.75, 3.05) is 7.11 Å². The smallest absolute Gasteiger partial charge is 0.257 e. The van der Waals surface area contributed by atoms with Gasteiger partial charge in [0.25, 0.3) is 11.8 Å². The summed E-state index contributed by atoms with van der Waals surface area (Å²) in [6.07, 6.45) is 0. The second kappa shape index (κ2) is 6.95. The molecule has 24 heavy (non-hydrogen) atoms. The lowest BCUT2D eigenvalue weighted by Gasteiger charge is -2.09. The third kappa shape index (κ3) is 3.43. The van der Waals surface area contributed by atoms with Crippen molar-refractivity contribution < 1.29 is 14.1 Å². The maximum Gasteiger partial charge on any atom is 0.257 e. The van der Waals surface area contributed by atoms with Gasteiger partial charge in [-0.1, -0.05) is 23.4 Å². The number of methoxy groups -OCH3 is 1. The number of amides is 1. The van der Waals surface area contributed by atoms with E-state index in [-0.39, 0.29) is 5.91 Å². The molecule has 6 nitrogen and oxygen atoms in total. The predicted octanol–water partition coefficient (Wildman–Crippen LogP) is 2.98. The van der Waals surface area contributed by atoms with Gasteiger partial charge >= 0.3 is 0 Å². The van der Waals surface area contributed by atoms with Crippen LogP contribution in [-0.4, -0.2) is 23.2 Å². The average molecular weight is 323 g/mol. The molecule has 3 rings (SSSR count). The topological polar surface area (TPSA) is 77.2 Å².